The largest absolute Gasteiger partial charge is 0.382 e. The molecule has 106 valence electrons. The average Bonchev–Trinajstić information content (AvgIpc) is 2.84. The molecule has 0 aliphatic heterocycles. The van der Waals surface area contributed by atoms with Crippen LogP contribution in [0.25, 0.3) is 22.4 Å². The summed E-state index contributed by atoms with van der Waals surface area (Å²) in [5.74, 6) is 0.346. The monoisotopic (exact) mass is 300 g/mol. The lowest BCUT2D eigenvalue weighted by molar-refractivity contribution is 0.861. The van der Waals surface area contributed by atoms with Crippen molar-refractivity contribution >= 4 is 17.4 Å². The van der Waals surface area contributed by atoms with Crippen molar-refractivity contribution < 1.29 is 0 Å². The number of nitrogens with two attached hydrogens (primary N) is 1. The van der Waals surface area contributed by atoms with Crippen LogP contribution in [-0.4, -0.2) is 14.8 Å². The number of rotatable bonds is 2. The van der Waals surface area contributed by atoms with Crippen molar-refractivity contribution in [1.82, 2.24) is 14.8 Å². The van der Waals surface area contributed by atoms with Crippen LogP contribution in [0.3, 0.4) is 0 Å². The molecule has 0 bridgehead atoms. The van der Waals surface area contributed by atoms with Gasteiger partial charge in [-0.3, -0.25) is 9.89 Å². The second-order valence-corrected chi connectivity index (χ2v) is 5.11. The molecule has 2 aromatic heterocycles. The van der Waals surface area contributed by atoms with Gasteiger partial charge in [-0.05, 0) is 12.1 Å². The molecule has 3 N–H and O–H groups in total. The summed E-state index contributed by atoms with van der Waals surface area (Å²) >= 11 is 6.24. The Bertz CT molecular complexity index is 866. The number of halogens is 1. The summed E-state index contributed by atoms with van der Waals surface area (Å²) in [5.41, 5.74) is 8.74. The van der Waals surface area contributed by atoms with Crippen molar-refractivity contribution in [3.05, 3.63) is 58.0 Å². The van der Waals surface area contributed by atoms with E-state index in [4.69, 9.17) is 17.3 Å². The summed E-state index contributed by atoms with van der Waals surface area (Å²) < 4.78 is 1.50. The van der Waals surface area contributed by atoms with Gasteiger partial charge in [-0.15, -0.1) is 0 Å². The molecule has 0 fully saturated rings. The van der Waals surface area contributed by atoms with Gasteiger partial charge < -0.3 is 10.3 Å². The first-order valence-corrected chi connectivity index (χ1v) is 6.71. The summed E-state index contributed by atoms with van der Waals surface area (Å²) in [4.78, 5) is 11.8. The third-order valence-corrected chi connectivity index (χ3v) is 3.66. The molecule has 21 heavy (non-hydrogen) atoms. The molecule has 3 rings (SSSR count). The Kier molecular flexibility index (Phi) is 3.27. The zero-order chi connectivity index (χ0) is 15.0. The lowest BCUT2D eigenvalue weighted by Crippen LogP contribution is -2.14. The van der Waals surface area contributed by atoms with Crippen molar-refractivity contribution in [3.8, 4) is 22.4 Å². The molecule has 6 heteroatoms. The highest BCUT2D eigenvalue weighted by Crippen LogP contribution is 2.37. The normalized spacial score (nSPS) is 10.8. The van der Waals surface area contributed by atoms with E-state index in [1.165, 1.54) is 10.6 Å². The molecule has 2 heterocycles. The zero-order valence-corrected chi connectivity index (χ0v) is 12.1. The van der Waals surface area contributed by atoms with Crippen LogP contribution >= 0.6 is 11.6 Å². The van der Waals surface area contributed by atoms with Gasteiger partial charge in [0, 0.05) is 35.5 Å². The Morgan fingerprint density at radius 1 is 1.29 bits per heavy atom. The van der Waals surface area contributed by atoms with E-state index in [1.54, 1.807) is 19.3 Å². The van der Waals surface area contributed by atoms with Crippen LogP contribution in [0.1, 0.15) is 0 Å². The van der Waals surface area contributed by atoms with Gasteiger partial charge in [0.25, 0.3) is 5.56 Å². The fraction of sp³-hybridized carbons (Fsp3) is 0.0667. The Morgan fingerprint density at radius 2 is 2.05 bits per heavy atom. The van der Waals surface area contributed by atoms with Crippen molar-refractivity contribution in [2.45, 2.75) is 0 Å². The SMILES string of the molecule is Cn1ccc(-c2[nH]nc(N)c2-c2ccccc2Cl)cc1=O. The minimum atomic E-state index is -0.106. The van der Waals surface area contributed by atoms with Crippen molar-refractivity contribution in [3.63, 3.8) is 0 Å². The third kappa shape index (κ3) is 2.32. The van der Waals surface area contributed by atoms with Gasteiger partial charge in [-0.1, -0.05) is 29.8 Å². The van der Waals surface area contributed by atoms with Gasteiger partial charge in [0.15, 0.2) is 5.82 Å². The van der Waals surface area contributed by atoms with Crippen molar-refractivity contribution in [2.24, 2.45) is 7.05 Å². The quantitative estimate of drug-likeness (QED) is 0.764. The highest BCUT2D eigenvalue weighted by Gasteiger charge is 2.17. The third-order valence-electron chi connectivity index (χ3n) is 3.33. The Labute approximate surface area is 126 Å². The summed E-state index contributed by atoms with van der Waals surface area (Å²) in [5, 5.41) is 7.51. The average molecular weight is 301 g/mol. The van der Waals surface area contributed by atoms with Gasteiger partial charge in [0.2, 0.25) is 0 Å². The molecule has 0 saturated heterocycles. The predicted molar refractivity (Wildman–Crippen MR) is 84.1 cm³/mol. The standard InChI is InChI=1S/C15H13ClN4O/c1-20-7-6-9(8-12(20)21)14-13(15(17)19-18-14)10-4-2-3-5-11(10)16/h2-8H,1H3,(H3,17,18,19). The minimum Gasteiger partial charge on any atom is -0.382 e. The van der Waals surface area contributed by atoms with E-state index in [0.29, 0.717) is 22.1 Å². The summed E-state index contributed by atoms with van der Waals surface area (Å²) in [6, 6.07) is 10.7. The predicted octanol–water partition coefficient (Wildman–Crippen LogP) is 2.68. The number of nitrogens with zero attached hydrogens (tertiary/aromatic N) is 2. The molecule has 5 nitrogen and oxygen atoms in total. The van der Waals surface area contributed by atoms with Crippen LogP contribution in [0, 0.1) is 0 Å². The van der Waals surface area contributed by atoms with Gasteiger partial charge >= 0.3 is 0 Å². The van der Waals surface area contributed by atoms with Crippen LogP contribution in [-0.2, 0) is 7.05 Å². The van der Waals surface area contributed by atoms with Gasteiger partial charge in [0.05, 0.1) is 11.3 Å². The Hall–Kier alpha value is -2.53. The van der Waals surface area contributed by atoms with E-state index in [1.807, 2.05) is 24.3 Å². The minimum absolute atomic E-state index is 0.106. The number of aromatic amines is 1. The Balaban J connectivity index is 2.24. The van der Waals surface area contributed by atoms with Crippen LogP contribution in [0.15, 0.2) is 47.4 Å². The lowest BCUT2D eigenvalue weighted by Gasteiger charge is -2.07. The second-order valence-electron chi connectivity index (χ2n) is 4.70. The maximum absolute atomic E-state index is 11.8. The summed E-state index contributed by atoms with van der Waals surface area (Å²) in [6.07, 6.45) is 1.70. The topological polar surface area (TPSA) is 76.7 Å². The van der Waals surface area contributed by atoms with Crippen molar-refractivity contribution in [1.29, 1.82) is 0 Å². The highest BCUT2D eigenvalue weighted by molar-refractivity contribution is 6.33. The molecule has 1 aromatic carbocycles. The van der Waals surface area contributed by atoms with Crippen LogP contribution in [0.5, 0.6) is 0 Å². The van der Waals surface area contributed by atoms with Crippen LogP contribution < -0.4 is 11.3 Å². The first kappa shape index (κ1) is 13.5. The second kappa shape index (κ2) is 5.10. The van der Waals surface area contributed by atoms with Gasteiger partial charge in [0.1, 0.15) is 0 Å². The number of anilines is 1. The number of H-pyrrole nitrogens is 1. The van der Waals surface area contributed by atoms with Gasteiger partial charge in [-0.25, -0.2) is 0 Å². The van der Waals surface area contributed by atoms with E-state index in [2.05, 4.69) is 10.2 Å². The molecule has 0 saturated carbocycles. The molecule has 0 amide bonds. The van der Waals surface area contributed by atoms with E-state index in [-0.39, 0.29) is 5.56 Å². The van der Waals surface area contributed by atoms with E-state index >= 15 is 0 Å². The number of nitrogens with one attached hydrogen (secondary N) is 1. The van der Waals surface area contributed by atoms with Crippen LogP contribution in [0.2, 0.25) is 5.02 Å². The zero-order valence-electron chi connectivity index (χ0n) is 11.3. The van der Waals surface area contributed by atoms with Crippen LogP contribution in [0.4, 0.5) is 5.82 Å². The number of aryl methyl sites for hydroxylation is 1. The Morgan fingerprint density at radius 3 is 2.76 bits per heavy atom. The lowest BCUT2D eigenvalue weighted by atomic mass is 10.0. The maximum Gasteiger partial charge on any atom is 0.250 e. The molecule has 0 spiro atoms. The molecular weight excluding hydrogens is 288 g/mol. The van der Waals surface area contributed by atoms with Crippen molar-refractivity contribution in [2.75, 3.05) is 5.73 Å². The maximum atomic E-state index is 11.8. The first-order valence-electron chi connectivity index (χ1n) is 6.33. The molecule has 0 unspecified atom stereocenters. The van der Waals surface area contributed by atoms with Gasteiger partial charge in [-0.2, -0.15) is 5.10 Å². The molecule has 0 aliphatic carbocycles. The number of benzene rings is 1. The summed E-state index contributed by atoms with van der Waals surface area (Å²) in [7, 11) is 1.70. The van der Waals surface area contributed by atoms with E-state index in [0.717, 1.165) is 11.1 Å². The molecule has 0 aliphatic rings. The number of hydrogen-bond acceptors (Lipinski definition) is 3. The number of hydrogen-bond donors (Lipinski definition) is 2. The number of aromatic nitrogens is 3. The summed E-state index contributed by atoms with van der Waals surface area (Å²) in [6.45, 7) is 0. The van der Waals surface area contributed by atoms with E-state index in [9.17, 15) is 4.79 Å². The fourth-order valence-electron chi connectivity index (χ4n) is 2.21. The first-order chi connectivity index (χ1) is 10.1. The molecular formula is C15H13ClN4O. The number of pyridine rings is 1. The van der Waals surface area contributed by atoms with E-state index < -0.39 is 0 Å². The smallest absolute Gasteiger partial charge is 0.250 e. The molecule has 3 aromatic rings. The molecule has 0 radical (unpaired) electrons. The highest BCUT2D eigenvalue weighted by atomic mass is 35.5. The number of nitrogen functional groups attached to an aromatic ring is 1. The fourth-order valence-corrected chi connectivity index (χ4v) is 2.44. The molecule has 0 atom stereocenters.